The summed E-state index contributed by atoms with van der Waals surface area (Å²) in [7, 11) is 3.48. The minimum Gasteiger partial charge on any atom is -0.491 e. The van der Waals surface area contributed by atoms with Gasteiger partial charge in [-0.3, -0.25) is 4.68 Å². The summed E-state index contributed by atoms with van der Waals surface area (Å²) in [4.78, 5) is 13.4. The Balaban J connectivity index is 1.49. The molecule has 0 aliphatic rings. The molecular weight excluding hydrogens is 366 g/mol. The Morgan fingerprint density at radius 1 is 1.00 bits per heavy atom. The van der Waals surface area contributed by atoms with Crippen LogP contribution in [0.5, 0.6) is 11.6 Å². The molecule has 146 valence electrons. The van der Waals surface area contributed by atoms with Crippen LogP contribution in [0.25, 0.3) is 11.4 Å². The number of pyridine rings is 1. The fourth-order valence-electron chi connectivity index (χ4n) is 2.93. The van der Waals surface area contributed by atoms with Gasteiger partial charge in [0.15, 0.2) is 11.6 Å². The van der Waals surface area contributed by atoms with Gasteiger partial charge >= 0.3 is 0 Å². The number of rotatable bonds is 7. The summed E-state index contributed by atoms with van der Waals surface area (Å²) in [5, 5.41) is 4.17. The molecule has 0 radical (unpaired) electrons. The maximum atomic E-state index is 5.83. The lowest BCUT2D eigenvalue weighted by molar-refractivity contribution is 0.272. The number of ether oxygens (including phenoxy) is 2. The van der Waals surface area contributed by atoms with Crippen molar-refractivity contribution in [2.75, 3.05) is 7.11 Å². The van der Waals surface area contributed by atoms with Gasteiger partial charge in [-0.1, -0.05) is 30.3 Å². The molecule has 0 N–H and O–H groups in total. The van der Waals surface area contributed by atoms with Crippen LogP contribution in [-0.2, 0) is 20.1 Å². The third-order valence-corrected chi connectivity index (χ3v) is 4.37. The number of aromatic nitrogens is 5. The molecule has 0 aliphatic heterocycles. The van der Waals surface area contributed by atoms with Gasteiger partial charge in [-0.15, -0.1) is 0 Å². The maximum absolute atomic E-state index is 5.83. The van der Waals surface area contributed by atoms with E-state index in [1.54, 1.807) is 30.4 Å². The molecule has 0 unspecified atom stereocenters. The van der Waals surface area contributed by atoms with Crippen LogP contribution in [0, 0.1) is 0 Å². The molecule has 29 heavy (non-hydrogen) atoms. The number of nitrogens with zero attached hydrogens (tertiary/aromatic N) is 5. The summed E-state index contributed by atoms with van der Waals surface area (Å²) in [5.74, 6) is 1.72. The van der Waals surface area contributed by atoms with Crippen molar-refractivity contribution in [3.05, 3.63) is 84.1 Å². The van der Waals surface area contributed by atoms with E-state index >= 15 is 0 Å². The van der Waals surface area contributed by atoms with Crippen molar-refractivity contribution in [2.45, 2.75) is 13.0 Å². The second-order valence-electron chi connectivity index (χ2n) is 6.58. The zero-order valence-corrected chi connectivity index (χ0v) is 16.3. The van der Waals surface area contributed by atoms with Crippen LogP contribution in [0.2, 0.25) is 0 Å². The van der Waals surface area contributed by atoms with Crippen molar-refractivity contribution in [2.24, 2.45) is 7.05 Å². The molecule has 0 aliphatic carbocycles. The molecule has 0 fully saturated rings. The number of hydrogen-bond donors (Lipinski definition) is 0. The Morgan fingerprint density at radius 2 is 1.86 bits per heavy atom. The normalized spacial score (nSPS) is 10.7. The van der Waals surface area contributed by atoms with Crippen molar-refractivity contribution in [1.82, 2.24) is 24.7 Å². The van der Waals surface area contributed by atoms with Crippen LogP contribution in [0.15, 0.2) is 67.3 Å². The van der Waals surface area contributed by atoms with E-state index in [-0.39, 0.29) is 0 Å². The highest BCUT2D eigenvalue weighted by Gasteiger charge is 2.10. The summed E-state index contributed by atoms with van der Waals surface area (Å²) >= 11 is 0. The Kier molecular flexibility index (Phi) is 5.47. The van der Waals surface area contributed by atoms with Crippen LogP contribution in [0.4, 0.5) is 0 Å². The van der Waals surface area contributed by atoms with Gasteiger partial charge in [-0.05, 0) is 23.3 Å². The minimum absolute atomic E-state index is 0.434. The number of benzene rings is 1. The van der Waals surface area contributed by atoms with Gasteiger partial charge in [0.1, 0.15) is 6.61 Å². The third-order valence-electron chi connectivity index (χ3n) is 4.37. The fourth-order valence-corrected chi connectivity index (χ4v) is 2.93. The van der Waals surface area contributed by atoms with Gasteiger partial charge in [0.2, 0.25) is 0 Å². The van der Waals surface area contributed by atoms with E-state index in [2.05, 4.69) is 20.1 Å². The Morgan fingerprint density at radius 3 is 2.62 bits per heavy atom. The van der Waals surface area contributed by atoms with Gasteiger partial charge in [0, 0.05) is 37.8 Å². The molecule has 0 amide bonds. The van der Waals surface area contributed by atoms with E-state index in [1.165, 1.54) is 0 Å². The molecule has 4 rings (SSSR count). The first kappa shape index (κ1) is 18.6. The Hall–Kier alpha value is -3.74. The highest BCUT2D eigenvalue weighted by Crippen LogP contribution is 2.27. The van der Waals surface area contributed by atoms with Gasteiger partial charge in [-0.2, -0.15) is 5.10 Å². The second kappa shape index (κ2) is 8.52. The molecule has 7 heteroatoms. The standard InChI is InChI=1S/C22H21N5O2/c1-27-14-18(13-25-27)21-23-9-8-19(26-21)10-17-11-20(28-2)22(24-12-17)29-15-16-6-4-3-5-7-16/h3-9,11-14H,10,15H2,1-2H3. The molecule has 0 atom stereocenters. The molecule has 0 spiro atoms. The molecule has 4 aromatic rings. The SMILES string of the molecule is COc1cc(Cc2ccnc(-c3cnn(C)c3)n2)cnc1OCc1ccccc1. The lowest BCUT2D eigenvalue weighted by Gasteiger charge is -2.11. The van der Waals surface area contributed by atoms with Crippen molar-refractivity contribution in [1.29, 1.82) is 0 Å². The first-order chi connectivity index (χ1) is 14.2. The minimum atomic E-state index is 0.434. The monoisotopic (exact) mass is 387 g/mol. The lowest BCUT2D eigenvalue weighted by atomic mass is 10.1. The van der Waals surface area contributed by atoms with Crippen LogP contribution in [0.3, 0.4) is 0 Å². The zero-order chi connectivity index (χ0) is 20.1. The summed E-state index contributed by atoms with van der Waals surface area (Å²) in [6.45, 7) is 0.434. The number of methoxy groups -OCH3 is 1. The predicted octanol–water partition coefficient (Wildman–Crippen LogP) is 3.45. The average molecular weight is 387 g/mol. The molecule has 0 bridgehead atoms. The van der Waals surface area contributed by atoms with Gasteiger partial charge in [0.25, 0.3) is 5.88 Å². The lowest BCUT2D eigenvalue weighted by Crippen LogP contribution is -2.02. The van der Waals surface area contributed by atoms with E-state index in [0.717, 1.165) is 22.4 Å². The molecule has 0 saturated carbocycles. The largest absolute Gasteiger partial charge is 0.491 e. The van der Waals surface area contributed by atoms with Crippen LogP contribution >= 0.6 is 0 Å². The van der Waals surface area contributed by atoms with E-state index in [9.17, 15) is 0 Å². The average Bonchev–Trinajstić information content (AvgIpc) is 3.20. The third kappa shape index (κ3) is 4.57. The summed E-state index contributed by atoms with van der Waals surface area (Å²) in [6.07, 6.45) is 7.80. The van der Waals surface area contributed by atoms with E-state index < -0.39 is 0 Å². The Labute approximate surface area is 169 Å². The molecule has 7 nitrogen and oxygen atoms in total. The quantitative estimate of drug-likeness (QED) is 0.483. The maximum Gasteiger partial charge on any atom is 0.257 e. The van der Waals surface area contributed by atoms with Crippen LogP contribution in [-0.4, -0.2) is 31.8 Å². The molecular formula is C22H21N5O2. The van der Waals surface area contributed by atoms with Gasteiger partial charge in [0.05, 0.1) is 18.9 Å². The topological polar surface area (TPSA) is 75.0 Å². The number of hydrogen-bond acceptors (Lipinski definition) is 6. The van der Waals surface area contributed by atoms with Gasteiger partial charge in [-0.25, -0.2) is 15.0 Å². The van der Waals surface area contributed by atoms with E-state index in [0.29, 0.717) is 30.5 Å². The smallest absolute Gasteiger partial charge is 0.257 e. The molecule has 1 aromatic carbocycles. The van der Waals surface area contributed by atoms with Gasteiger partial charge < -0.3 is 9.47 Å². The van der Waals surface area contributed by atoms with Crippen molar-refractivity contribution in [3.63, 3.8) is 0 Å². The zero-order valence-electron chi connectivity index (χ0n) is 16.3. The first-order valence-electron chi connectivity index (χ1n) is 9.22. The van der Waals surface area contributed by atoms with E-state index in [4.69, 9.17) is 9.47 Å². The highest BCUT2D eigenvalue weighted by molar-refractivity contribution is 5.52. The summed E-state index contributed by atoms with van der Waals surface area (Å²) in [6, 6.07) is 13.8. The second-order valence-corrected chi connectivity index (χ2v) is 6.58. The summed E-state index contributed by atoms with van der Waals surface area (Å²) in [5.41, 5.74) is 3.82. The Bertz CT molecular complexity index is 1100. The molecule has 0 saturated heterocycles. The van der Waals surface area contributed by atoms with Crippen LogP contribution in [0.1, 0.15) is 16.8 Å². The fraction of sp³-hybridized carbons (Fsp3) is 0.182. The highest BCUT2D eigenvalue weighted by atomic mass is 16.5. The van der Waals surface area contributed by atoms with Crippen molar-refractivity contribution in [3.8, 4) is 23.0 Å². The summed E-state index contributed by atoms with van der Waals surface area (Å²) < 4.78 is 13.0. The predicted molar refractivity (Wildman–Crippen MR) is 109 cm³/mol. The number of aryl methyl sites for hydroxylation is 1. The molecule has 3 heterocycles. The van der Waals surface area contributed by atoms with Crippen molar-refractivity contribution >= 4 is 0 Å². The first-order valence-corrected chi connectivity index (χ1v) is 9.22. The van der Waals surface area contributed by atoms with Crippen molar-refractivity contribution < 1.29 is 9.47 Å². The van der Waals surface area contributed by atoms with E-state index in [1.807, 2.05) is 55.7 Å². The van der Waals surface area contributed by atoms with Crippen LogP contribution < -0.4 is 9.47 Å². The molecule has 3 aromatic heterocycles.